The summed E-state index contributed by atoms with van der Waals surface area (Å²) in [6.45, 7) is 0. The zero-order chi connectivity index (χ0) is 22.0. The van der Waals surface area contributed by atoms with Crippen LogP contribution in [0.25, 0.3) is 11.4 Å². The molecule has 0 fully saturated rings. The van der Waals surface area contributed by atoms with E-state index in [-0.39, 0.29) is 0 Å². The SMILES string of the molecule is COc1ccc(C2=Nn3c(nnc3-c3cc(OC)c(OC)c(OC)c3)SC2)cc1OC. The van der Waals surface area contributed by atoms with Crippen LogP contribution in [0.1, 0.15) is 5.56 Å². The number of methoxy groups -OCH3 is 5. The first kappa shape index (κ1) is 20.9. The van der Waals surface area contributed by atoms with Crippen LogP contribution in [0.15, 0.2) is 40.6 Å². The molecule has 0 bridgehead atoms. The van der Waals surface area contributed by atoms with E-state index in [2.05, 4.69) is 10.2 Å². The van der Waals surface area contributed by atoms with Gasteiger partial charge in [-0.15, -0.1) is 10.2 Å². The smallest absolute Gasteiger partial charge is 0.212 e. The molecule has 10 heteroatoms. The first-order chi connectivity index (χ1) is 15.1. The van der Waals surface area contributed by atoms with Crippen molar-refractivity contribution in [3.8, 4) is 40.1 Å². The van der Waals surface area contributed by atoms with Crippen molar-refractivity contribution in [2.24, 2.45) is 5.10 Å². The molecule has 0 aliphatic carbocycles. The van der Waals surface area contributed by atoms with E-state index in [0.717, 1.165) is 16.8 Å². The largest absolute Gasteiger partial charge is 0.493 e. The lowest BCUT2D eigenvalue weighted by molar-refractivity contribution is 0.324. The molecule has 0 radical (unpaired) electrons. The van der Waals surface area contributed by atoms with E-state index >= 15 is 0 Å². The summed E-state index contributed by atoms with van der Waals surface area (Å²) in [4.78, 5) is 0. The monoisotopic (exact) mass is 442 g/mol. The maximum atomic E-state index is 5.47. The second kappa shape index (κ2) is 8.76. The van der Waals surface area contributed by atoms with Gasteiger partial charge in [-0.05, 0) is 30.3 Å². The van der Waals surface area contributed by atoms with Crippen molar-refractivity contribution in [1.82, 2.24) is 14.9 Å². The van der Waals surface area contributed by atoms with E-state index < -0.39 is 0 Å². The predicted molar refractivity (Wildman–Crippen MR) is 117 cm³/mol. The molecule has 9 nitrogen and oxygen atoms in total. The molecule has 1 aromatic heterocycles. The zero-order valence-electron chi connectivity index (χ0n) is 17.8. The van der Waals surface area contributed by atoms with Crippen molar-refractivity contribution in [1.29, 1.82) is 0 Å². The molecule has 2 heterocycles. The Morgan fingerprint density at radius 1 is 0.742 bits per heavy atom. The molecule has 0 unspecified atom stereocenters. The van der Waals surface area contributed by atoms with Crippen LogP contribution in [-0.2, 0) is 0 Å². The number of aromatic nitrogens is 3. The highest BCUT2D eigenvalue weighted by molar-refractivity contribution is 7.99. The summed E-state index contributed by atoms with van der Waals surface area (Å²) in [5, 5.41) is 14.2. The molecule has 0 amide bonds. The van der Waals surface area contributed by atoms with Crippen molar-refractivity contribution in [3.05, 3.63) is 35.9 Å². The van der Waals surface area contributed by atoms with Crippen molar-refractivity contribution >= 4 is 17.5 Å². The van der Waals surface area contributed by atoms with Gasteiger partial charge < -0.3 is 23.7 Å². The van der Waals surface area contributed by atoms with Crippen LogP contribution in [0.2, 0.25) is 0 Å². The number of fused-ring (bicyclic) bond motifs is 1. The number of thioether (sulfide) groups is 1. The summed E-state index contributed by atoms with van der Waals surface area (Å²) in [6.07, 6.45) is 0. The van der Waals surface area contributed by atoms with Gasteiger partial charge in [0.15, 0.2) is 28.8 Å². The molecule has 0 atom stereocenters. The van der Waals surface area contributed by atoms with E-state index in [1.165, 1.54) is 0 Å². The lowest BCUT2D eigenvalue weighted by Crippen LogP contribution is -2.14. The van der Waals surface area contributed by atoms with Crippen LogP contribution in [0.3, 0.4) is 0 Å². The zero-order valence-corrected chi connectivity index (χ0v) is 18.6. The lowest BCUT2D eigenvalue weighted by Gasteiger charge is -2.16. The number of hydrogen-bond acceptors (Lipinski definition) is 9. The number of nitrogens with zero attached hydrogens (tertiary/aromatic N) is 4. The third-order valence-corrected chi connectivity index (χ3v) is 5.74. The maximum Gasteiger partial charge on any atom is 0.212 e. The minimum absolute atomic E-state index is 0.510. The highest BCUT2D eigenvalue weighted by atomic mass is 32.2. The molecule has 2 aromatic carbocycles. The Labute approximate surface area is 183 Å². The Morgan fingerprint density at radius 2 is 1.39 bits per heavy atom. The number of rotatable bonds is 7. The fourth-order valence-electron chi connectivity index (χ4n) is 3.28. The standard InChI is InChI=1S/C21H22N4O5S/c1-26-15-7-6-12(8-16(15)27-2)14-11-31-21-23-22-20(25(21)24-14)13-9-17(28-3)19(30-5)18(10-13)29-4/h6-10H,11H2,1-5H3. The van der Waals surface area contributed by atoms with Gasteiger partial charge in [0, 0.05) is 16.9 Å². The third-order valence-electron chi connectivity index (χ3n) is 4.81. The van der Waals surface area contributed by atoms with Crippen molar-refractivity contribution in [2.75, 3.05) is 41.3 Å². The van der Waals surface area contributed by atoms with Crippen molar-refractivity contribution in [3.63, 3.8) is 0 Å². The fraction of sp³-hybridized carbons (Fsp3) is 0.286. The fourth-order valence-corrected chi connectivity index (χ4v) is 4.11. The molecule has 4 rings (SSSR count). The average Bonchev–Trinajstić information content (AvgIpc) is 3.25. The van der Waals surface area contributed by atoms with Gasteiger partial charge in [-0.1, -0.05) is 11.8 Å². The van der Waals surface area contributed by atoms with E-state index in [1.807, 2.05) is 30.3 Å². The van der Waals surface area contributed by atoms with Crippen LogP contribution >= 0.6 is 11.8 Å². The Balaban J connectivity index is 1.79. The first-order valence-electron chi connectivity index (χ1n) is 9.32. The highest BCUT2D eigenvalue weighted by Crippen LogP contribution is 2.41. The maximum absolute atomic E-state index is 5.47. The van der Waals surface area contributed by atoms with Crippen LogP contribution in [0.4, 0.5) is 0 Å². The van der Waals surface area contributed by atoms with E-state index in [4.69, 9.17) is 28.8 Å². The molecule has 0 spiro atoms. The molecule has 1 aliphatic rings. The summed E-state index contributed by atoms with van der Waals surface area (Å²) in [5.41, 5.74) is 2.54. The van der Waals surface area contributed by atoms with Gasteiger partial charge in [0.2, 0.25) is 10.9 Å². The summed E-state index contributed by atoms with van der Waals surface area (Å²) < 4.78 is 28.8. The highest BCUT2D eigenvalue weighted by Gasteiger charge is 2.23. The van der Waals surface area contributed by atoms with Crippen molar-refractivity contribution in [2.45, 2.75) is 5.16 Å². The van der Waals surface area contributed by atoms with E-state index in [1.54, 1.807) is 52.0 Å². The lowest BCUT2D eigenvalue weighted by atomic mass is 10.1. The van der Waals surface area contributed by atoms with Gasteiger partial charge in [-0.25, -0.2) is 0 Å². The minimum Gasteiger partial charge on any atom is -0.493 e. The summed E-state index contributed by atoms with van der Waals surface area (Å²) in [5.74, 6) is 4.10. The van der Waals surface area contributed by atoms with Gasteiger partial charge in [-0.3, -0.25) is 0 Å². The van der Waals surface area contributed by atoms with E-state index in [9.17, 15) is 0 Å². The minimum atomic E-state index is 0.510. The second-order valence-corrected chi connectivity index (χ2v) is 7.38. The molecule has 0 N–H and O–H groups in total. The number of benzene rings is 2. The molecular weight excluding hydrogens is 420 g/mol. The quantitative estimate of drug-likeness (QED) is 0.550. The molecule has 162 valence electrons. The van der Waals surface area contributed by atoms with Gasteiger partial charge in [0.25, 0.3) is 0 Å². The number of ether oxygens (including phenoxy) is 5. The van der Waals surface area contributed by atoms with Crippen LogP contribution < -0.4 is 23.7 Å². The molecule has 1 aliphatic heterocycles. The summed E-state index contributed by atoms with van der Waals surface area (Å²) in [7, 11) is 7.93. The van der Waals surface area contributed by atoms with Gasteiger partial charge in [-0.2, -0.15) is 9.78 Å². The second-order valence-electron chi connectivity index (χ2n) is 6.44. The molecule has 0 saturated heterocycles. The van der Waals surface area contributed by atoms with Gasteiger partial charge in [0.1, 0.15) is 0 Å². The predicted octanol–water partition coefficient (Wildman–Crippen LogP) is 3.35. The van der Waals surface area contributed by atoms with Crippen LogP contribution in [0.5, 0.6) is 28.7 Å². The Hall–Kier alpha value is -3.40. The van der Waals surface area contributed by atoms with Crippen LogP contribution in [-0.4, -0.2) is 61.9 Å². The van der Waals surface area contributed by atoms with Gasteiger partial charge >= 0.3 is 0 Å². The first-order valence-corrected chi connectivity index (χ1v) is 10.3. The molecule has 31 heavy (non-hydrogen) atoms. The summed E-state index contributed by atoms with van der Waals surface area (Å²) >= 11 is 1.56. The number of hydrogen-bond donors (Lipinski definition) is 0. The average molecular weight is 442 g/mol. The van der Waals surface area contributed by atoms with E-state index in [0.29, 0.717) is 45.5 Å². The molecule has 3 aromatic rings. The van der Waals surface area contributed by atoms with Crippen molar-refractivity contribution < 1.29 is 23.7 Å². The Kier molecular flexibility index (Phi) is 5.90. The van der Waals surface area contributed by atoms with Crippen LogP contribution in [0, 0.1) is 0 Å². The Bertz CT molecular complexity index is 1120. The normalized spacial score (nSPS) is 12.6. The Morgan fingerprint density at radius 3 is 2.00 bits per heavy atom. The topological polar surface area (TPSA) is 89.2 Å². The molecule has 0 saturated carbocycles. The molecular formula is C21H22N4O5S. The summed E-state index contributed by atoms with van der Waals surface area (Å²) in [6, 6.07) is 9.37. The van der Waals surface area contributed by atoms with Gasteiger partial charge in [0.05, 0.1) is 41.3 Å². The third kappa shape index (κ3) is 3.74.